The van der Waals surface area contributed by atoms with E-state index in [0.717, 1.165) is 22.7 Å². The maximum atomic E-state index is 12.7. The first-order chi connectivity index (χ1) is 13.8. The molecule has 2 rings (SSSR count). The Bertz CT molecular complexity index is 1010. The number of nitrogens with zero attached hydrogens (tertiary/aromatic N) is 1. The zero-order valence-electron chi connectivity index (χ0n) is 16.0. The second kappa shape index (κ2) is 9.00. The van der Waals surface area contributed by atoms with Crippen LogP contribution in [0.1, 0.15) is 6.92 Å². The molecule has 0 radical (unpaired) electrons. The first-order valence-electron chi connectivity index (χ1n) is 8.31. The highest BCUT2D eigenvalue weighted by molar-refractivity contribution is 7.92. The van der Waals surface area contributed by atoms with E-state index in [9.17, 15) is 26.4 Å². The Labute approximate surface area is 176 Å². The van der Waals surface area contributed by atoms with E-state index in [2.05, 4.69) is 10.1 Å². The molecule has 0 unspecified atom stereocenters. The summed E-state index contributed by atoms with van der Waals surface area (Å²) >= 11 is 5.97. The van der Waals surface area contributed by atoms with Crippen LogP contribution >= 0.6 is 11.6 Å². The van der Waals surface area contributed by atoms with Gasteiger partial charge in [0.15, 0.2) is 0 Å². The van der Waals surface area contributed by atoms with Crippen LogP contribution < -0.4 is 19.1 Å². The van der Waals surface area contributed by atoms with Crippen molar-refractivity contribution in [1.29, 1.82) is 0 Å². The predicted octanol–water partition coefficient (Wildman–Crippen LogP) is 4.04. The van der Waals surface area contributed by atoms with Gasteiger partial charge in [-0.3, -0.25) is 9.10 Å². The van der Waals surface area contributed by atoms with Crippen LogP contribution in [0.25, 0.3) is 0 Å². The van der Waals surface area contributed by atoms with E-state index in [4.69, 9.17) is 16.3 Å². The second-order valence-corrected chi connectivity index (χ2v) is 8.41. The van der Waals surface area contributed by atoms with Crippen molar-refractivity contribution >= 4 is 38.9 Å². The van der Waals surface area contributed by atoms with Crippen LogP contribution in [0.4, 0.5) is 24.5 Å². The highest BCUT2D eigenvalue weighted by Gasteiger charge is 2.32. The Kier molecular flexibility index (Phi) is 7.09. The van der Waals surface area contributed by atoms with Crippen LogP contribution in [0.2, 0.25) is 5.02 Å². The molecule has 1 amide bonds. The normalized spacial score (nSPS) is 12.8. The quantitative estimate of drug-likeness (QED) is 0.665. The molecule has 7 nitrogen and oxygen atoms in total. The number of amides is 1. The molecule has 0 fully saturated rings. The van der Waals surface area contributed by atoms with Crippen molar-refractivity contribution < 1.29 is 35.9 Å². The van der Waals surface area contributed by atoms with Crippen molar-refractivity contribution in [2.24, 2.45) is 0 Å². The summed E-state index contributed by atoms with van der Waals surface area (Å²) in [7, 11) is -2.61. The van der Waals surface area contributed by atoms with E-state index in [-0.39, 0.29) is 22.1 Å². The van der Waals surface area contributed by atoms with Crippen molar-refractivity contribution in [3.63, 3.8) is 0 Å². The van der Waals surface area contributed by atoms with Gasteiger partial charge in [0.2, 0.25) is 15.9 Å². The predicted molar refractivity (Wildman–Crippen MR) is 107 cm³/mol. The highest BCUT2D eigenvalue weighted by atomic mass is 35.5. The summed E-state index contributed by atoms with van der Waals surface area (Å²) < 4.78 is 71.3. The van der Waals surface area contributed by atoms with E-state index in [0.29, 0.717) is 0 Å². The molecular formula is C18H18ClF3N2O5S. The van der Waals surface area contributed by atoms with Crippen LogP contribution in [-0.2, 0) is 14.8 Å². The van der Waals surface area contributed by atoms with Crippen molar-refractivity contribution in [3.05, 3.63) is 47.5 Å². The molecule has 0 aliphatic rings. The summed E-state index contributed by atoms with van der Waals surface area (Å²) in [6, 6.07) is 7.48. The molecule has 0 aromatic heterocycles. The van der Waals surface area contributed by atoms with Crippen LogP contribution in [0, 0.1) is 0 Å². The molecule has 12 heteroatoms. The van der Waals surface area contributed by atoms with Crippen LogP contribution in [0.5, 0.6) is 11.5 Å². The van der Waals surface area contributed by atoms with Crippen LogP contribution in [-0.4, -0.2) is 40.1 Å². The number of anilines is 2. The fraction of sp³-hybridized carbons (Fsp3) is 0.278. The molecule has 2 aromatic rings. The van der Waals surface area contributed by atoms with E-state index in [1.54, 1.807) is 0 Å². The van der Waals surface area contributed by atoms with Crippen molar-refractivity contribution in [3.8, 4) is 11.5 Å². The Balaban J connectivity index is 2.28. The number of alkyl halides is 3. The molecule has 0 heterocycles. The van der Waals surface area contributed by atoms with Gasteiger partial charge in [-0.2, -0.15) is 0 Å². The minimum atomic E-state index is -4.84. The highest BCUT2D eigenvalue weighted by Crippen LogP contribution is 2.34. The fourth-order valence-electron chi connectivity index (χ4n) is 2.60. The summed E-state index contributed by atoms with van der Waals surface area (Å²) in [6.07, 6.45) is -3.92. The van der Waals surface area contributed by atoms with Gasteiger partial charge in [-0.15, -0.1) is 13.2 Å². The molecule has 0 aliphatic carbocycles. The van der Waals surface area contributed by atoms with Gasteiger partial charge in [-0.05, 0) is 49.4 Å². The van der Waals surface area contributed by atoms with Gasteiger partial charge in [-0.1, -0.05) is 11.6 Å². The summed E-state index contributed by atoms with van der Waals surface area (Å²) in [5.41, 5.74) is 0.206. The smallest absolute Gasteiger partial charge is 0.495 e. The zero-order chi connectivity index (χ0) is 22.7. The van der Waals surface area contributed by atoms with Crippen molar-refractivity contribution in [1.82, 2.24) is 0 Å². The fourth-order valence-corrected chi connectivity index (χ4v) is 3.94. The van der Waals surface area contributed by atoms with E-state index >= 15 is 0 Å². The summed E-state index contributed by atoms with van der Waals surface area (Å²) in [6.45, 7) is 1.35. The first kappa shape index (κ1) is 23.6. The van der Waals surface area contributed by atoms with Gasteiger partial charge < -0.3 is 14.8 Å². The number of hydrogen-bond donors (Lipinski definition) is 1. The van der Waals surface area contributed by atoms with Gasteiger partial charge in [0.1, 0.15) is 17.5 Å². The van der Waals surface area contributed by atoms with Gasteiger partial charge in [-0.25, -0.2) is 8.42 Å². The van der Waals surface area contributed by atoms with Gasteiger partial charge in [0.05, 0.1) is 19.1 Å². The van der Waals surface area contributed by atoms with Gasteiger partial charge >= 0.3 is 6.36 Å². The Morgan fingerprint density at radius 3 is 2.27 bits per heavy atom. The summed E-state index contributed by atoms with van der Waals surface area (Å²) in [5.74, 6) is -1.01. The number of carbonyl (C=O) groups excluding carboxylic acids is 1. The Morgan fingerprint density at radius 1 is 1.17 bits per heavy atom. The van der Waals surface area contributed by atoms with Crippen LogP contribution in [0.15, 0.2) is 42.5 Å². The maximum Gasteiger partial charge on any atom is 0.573 e. The zero-order valence-corrected chi connectivity index (χ0v) is 17.6. The average Bonchev–Trinajstić information content (AvgIpc) is 2.61. The lowest BCUT2D eigenvalue weighted by molar-refractivity contribution is -0.274. The molecular weight excluding hydrogens is 449 g/mol. The molecule has 0 bridgehead atoms. The lowest BCUT2D eigenvalue weighted by Gasteiger charge is -2.29. The number of ether oxygens (including phenoxy) is 2. The molecule has 30 heavy (non-hydrogen) atoms. The third-order valence-electron chi connectivity index (χ3n) is 3.82. The summed E-state index contributed by atoms with van der Waals surface area (Å²) in [4.78, 5) is 12.7. The molecule has 0 saturated carbocycles. The number of hydrogen-bond acceptors (Lipinski definition) is 5. The number of halogens is 4. The number of methoxy groups -OCH3 is 1. The Morgan fingerprint density at radius 2 is 1.77 bits per heavy atom. The lowest BCUT2D eigenvalue weighted by Crippen LogP contribution is -2.45. The number of rotatable bonds is 7. The summed E-state index contributed by atoms with van der Waals surface area (Å²) in [5, 5.41) is 2.68. The minimum Gasteiger partial charge on any atom is -0.495 e. The molecule has 164 valence electrons. The third kappa shape index (κ3) is 6.17. The largest absolute Gasteiger partial charge is 0.573 e. The first-order valence-corrected chi connectivity index (χ1v) is 10.5. The number of sulfonamides is 1. The van der Waals surface area contributed by atoms with Gasteiger partial charge in [0.25, 0.3) is 0 Å². The number of nitrogens with one attached hydrogen (secondary N) is 1. The number of benzene rings is 2. The molecule has 1 atom stereocenters. The van der Waals surface area contributed by atoms with E-state index in [1.165, 1.54) is 44.4 Å². The molecule has 0 saturated heterocycles. The SMILES string of the molecule is COc1ccc(Cl)cc1N([C@H](C)C(=O)Nc1ccc(OC(F)(F)F)cc1)S(C)(=O)=O. The molecule has 2 aromatic carbocycles. The average molecular weight is 467 g/mol. The monoisotopic (exact) mass is 466 g/mol. The maximum absolute atomic E-state index is 12.7. The minimum absolute atomic E-state index is 0.0593. The second-order valence-electron chi connectivity index (χ2n) is 6.11. The topological polar surface area (TPSA) is 84.9 Å². The molecule has 1 N–H and O–H groups in total. The van der Waals surface area contributed by atoms with E-state index < -0.39 is 34.1 Å². The lowest BCUT2D eigenvalue weighted by atomic mass is 10.2. The van der Waals surface area contributed by atoms with Crippen molar-refractivity contribution in [2.75, 3.05) is 23.0 Å². The van der Waals surface area contributed by atoms with Crippen LogP contribution in [0.3, 0.4) is 0 Å². The van der Waals surface area contributed by atoms with Gasteiger partial charge in [0, 0.05) is 10.7 Å². The standard InChI is InChI=1S/C18H18ClF3N2O5S/c1-11(17(25)23-13-5-7-14(8-6-13)29-18(20,21)22)24(30(3,26)27)15-10-12(19)4-9-16(15)28-2/h4-11H,1-3H3,(H,23,25)/t11-/m1/s1. The van der Waals surface area contributed by atoms with E-state index in [1.807, 2.05) is 0 Å². The molecule has 0 aliphatic heterocycles. The van der Waals surface area contributed by atoms with Crippen molar-refractivity contribution in [2.45, 2.75) is 19.3 Å². The molecule has 0 spiro atoms. The number of carbonyl (C=O) groups is 1. The Hall–Kier alpha value is -2.66. The third-order valence-corrected chi connectivity index (χ3v) is 5.28.